The molecule has 0 aliphatic rings. The van der Waals surface area contributed by atoms with Gasteiger partial charge in [-0.05, 0) is 73.5 Å². The topological polar surface area (TPSA) is 9.86 Å². The lowest BCUT2D eigenvalue weighted by Gasteiger charge is -2.18. The van der Waals surface area contributed by atoms with E-state index in [2.05, 4.69) is 151 Å². The molecule has 0 bridgehead atoms. The lowest BCUT2D eigenvalue weighted by Crippen LogP contribution is -2.01. The summed E-state index contributed by atoms with van der Waals surface area (Å²) in [5.41, 5.74) is 8.93. The quantitative estimate of drug-likeness (QED) is 0.160. The molecule has 11 aromatic rings. The molecule has 2 nitrogen and oxygen atoms in total. The zero-order chi connectivity index (χ0) is 35.4. The van der Waals surface area contributed by atoms with E-state index in [1.54, 1.807) is 12.1 Å². The predicted molar refractivity (Wildman–Crippen MR) is 230 cm³/mol. The Morgan fingerprint density at radius 2 is 1.00 bits per heavy atom. The van der Waals surface area contributed by atoms with Gasteiger partial charge in [0.25, 0.3) is 0 Å². The van der Waals surface area contributed by atoms with Gasteiger partial charge in [-0.1, -0.05) is 97.1 Å². The van der Waals surface area contributed by atoms with Crippen LogP contribution in [0.3, 0.4) is 0 Å². The first-order valence-electron chi connectivity index (χ1n) is 17.9. The Balaban J connectivity index is 1.28. The smallest absolute Gasteiger partial charge is 0.123 e. The molecule has 0 atom stereocenters. The van der Waals surface area contributed by atoms with E-state index in [-0.39, 0.29) is 5.82 Å². The average molecular weight is 719 g/mol. The summed E-state index contributed by atoms with van der Waals surface area (Å²) in [5, 5.41) is 9.99. The Morgan fingerprint density at radius 1 is 0.491 bits per heavy atom. The third-order valence-electron chi connectivity index (χ3n) is 10.9. The van der Waals surface area contributed by atoms with Crippen LogP contribution in [-0.4, -0.2) is 9.13 Å². The van der Waals surface area contributed by atoms with Crippen molar-refractivity contribution in [3.63, 3.8) is 0 Å². The Bertz CT molecular complexity index is 3370. The summed E-state index contributed by atoms with van der Waals surface area (Å²) >= 11 is 3.69. The van der Waals surface area contributed by atoms with Crippen molar-refractivity contribution < 1.29 is 4.39 Å². The Kier molecular flexibility index (Phi) is 6.64. The van der Waals surface area contributed by atoms with Crippen LogP contribution in [0.1, 0.15) is 19.4 Å². The van der Waals surface area contributed by atoms with Crippen molar-refractivity contribution in [2.45, 2.75) is 13.8 Å². The third-order valence-corrected chi connectivity index (χ3v) is 13.2. The molecule has 0 aliphatic heterocycles. The number of para-hydroxylation sites is 2. The second kappa shape index (κ2) is 11.5. The third kappa shape index (κ3) is 4.41. The van der Waals surface area contributed by atoms with Crippen LogP contribution in [-0.2, 0) is 0 Å². The highest BCUT2D eigenvalue weighted by Crippen LogP contribution is 2.46. The maximum Gasteiger partial charge on any atom is 0.123 e. The first kappa shape index (κ1) is 30.6. The van der Waals surface area contributed by atoms with Crippen molar-refractivity contribution in [1.82, 2.24) is 9.13 Å². The van der Waals surface area contributed by atoms with E-state index >= 15 is 0 Å². The summed E-state index contributed by atoms with van der Waals surface area (Å²) in [4.78, 5) is 0. The number of hydrogen-bond acceptors (Lipinski definition) is 2. The predicted octanol–water partition coefficient (Wildman–Crippen LogP) is 14.7. The van der Waals surface area contributed by atoms with E-state index in [1.807, 2.05) is 34.8 Å². The summed E-state index contributed by atoms with van der Waals surface area (Å²) in [6, 6.07) is 51.0. The molecule has 0 aliphatic carbocycles. The lowest BCUT2D eigenvalue weighted by molar-refractivity contribution is 0.627. The Hall–Kier alpha value is -6.01. The zero-order valence-corrected chi connectivity index (χ0v) is 30.7. The molecule has 4 aromatic heterocycles. The van der Waals surface area contributed by atoms with E-state index in [1.165, 1.54) is 72.9 Å². The molecule has 0 saturated heterocycles. The number of aromatic nitrogens is 2. The van der Waals surface area contributed by atoms with Crippen LogP contribution >= 0.6 is 22.7 Å². The van der Waals surface area contributed by atoms with Crippen LogP contribution < -0.4 is 0 Å². The molecule has 0 radical (unpaired) electrons. The zero-order valence-electron chi connectivity index (χ0n) is 29.0. The summed E-state index contributed by atoms with van der Waals surface area (Å²) in [6.45, 7) is 4.43. The number of nitrogens with zero attached hydrogens (tertiary/aromatic N) is 2. The van der Waals surface area contributed by atoms with E-state index in [9.17, 15) is 4.39 Å². The van der Waals surface area contributed by atoms with Gasteiger partial charge in [0.2, 0.25) is 0 Å². The molecule has 11 rings (SSSR count). The average Bonchev–Trinajstić information content (AvgIpc) is 3.93. The molecule has 0 N–H and O–H groups in total. The molecule has 0 unspecified atom stereocenters. The van der Waals surface area contributed by atoms with Gasteiger partial charge in [-0.25, -0.2) is 4.39 Å². The highest BCUT2D eigenvalue weighted by molar-refractivity contribution is 7.26. The number of rotatable bonds is 4. The molecular weight excluding hydrogens is 688 g/mol. The van der Waals surface area contributed by atoms with Crippen molar-refractivity contribution in [1.29, 1.82) is 0 Å². The number of allylic oxidation sites excluding steroid dienone is 3. The maximum absolute atomic E-state index is 14.6. The number of halogens is 1. The van der Waals surface area contributed by atoms with Gasteiger partial charge in [0.1, 0.15) is 5.82 Å². The van der Waals surface area contributed by atoms with Crippen molar-refractivity contribution in [2.75, 3.05) is 0 Å². The highest BCUT2D eigenvalue weighted by atomic mass is 32.1. The first-order valence-corrected chi connectivity index (χ1v) is 19.5. The minimum Gasteiger partial charge on any atom is -0.315 e. The van der Waals surface area contributed by atoms with Crippen LogP contribution in [0.15, 0.2) is 151 Å². The van der Waals surface area contributed by atoms with Gasteiger partial charge >= 0.3 is 0 Å². The number of hydrogen-bond donors (Lipinski definition) is 0. The van der Waals surface area contributed by atoms with Gasteiger partial charge in [0, 0.05) is 79.4 Å². The summed E-state index contributed by atoms with van der Waals surface area (Å²) in [5.74, 6) is -0.246. The fourth-order valence-electron chi connectivity index (χ4n) is 8.75. The Labute approximate surface area is 312 Å². The van der Waals surface area contributed by atoms with Crippen LogP contribution in [0.5, 0.6) is 0 Å². The summed E-state index contributed by atoms with van der Waals surface area (Å²) in [7, 11) is 0. The van der Waals surface area contributed by atoms with Crippen LogP contribution in [0, 0.1) is 5.82 Å². The minimum absolute atomic E-state index is 0.246. The first-order chi connectivity index (χ1) is 26.0. The molecular formula is C48H31FN2S2. The monoisotopic (exact) mass is 718 g/mol. The maximum atomic E-state index is 14.6. The second-order valence-corrected chi connectivity index (χ2v) is 16.1. The number of benzene rings is 7. The standard InChI is InChI=1S/C48H31FN2S2/c1-28(27-50-38-15-7-3-11-32(38)34-23-25-42-45(47(34)50)36-13-5-9-17-40(36)52-42)44(30-19-21-31(49)22-20-30)29(2)51-39-16-8-4-12-33(39)35-24-26-43-46(48(35)51)37-14-6-10-18-41(37)53-43/h3-27H,1-2H3/b28-27+,44-29-. The van der Waals surface area contributed by atoms with Crippen molar-refractivity contribution in [3.05, 3.63) is 163 Å². The van der Waals surface area contributed by atoms with Crippen LogP contribution in [0.2, 0.25) is 0 Å². The van der Waals surface area contributed by atoms with Gasteiger partial charge in [0.05, 0.1) is 22.1 Å². The van der Waals surface area contributed by atoms with Crippen molar-refractivity contribution in [2.24, 2.45) is 0 Å². The lowest BCUT2D eigenvalue weighted by atomic mass is 9.97. The van der Waals surface area contributed by atoms with Gasteiger partial charge in [-0.3, -0.25) is 0 Å². The van der Waals surface area contributed by atoms with Crippen molar-refractivity contribution >= 4 is 124 Å². The minimum atomic E-state index is -0.246. The molecule has 5 heteroatoms. The molecule has 0 fully saturated rings. The van der Waals surface area contributed by atoms with Gasteiger partial charge in [0.15, 0.2) is 0 Å². The van der Waals surface area contributed by atoms with Gasteiger partial charge in [-0.15, -0.1) is 22.7 Å². The molecule has 252 valence electrons. The SMILES string of the molecule is CC(=C\n1c2ccccc2c2ccc3sc4ccccc4c3c21)/C(=C(\C)n1c2ccccc2c2ccc3sc4ccccc4c3c21)c1ccc(F)cc1. The normalized spacial score (nSPS) is 13.2. The van der Waals surface area contributed by atoms with Crippen molar-refractivity contribution in [3.8, 4) is 0 Å². The molecule has 4 heterocycles. The molecule has 0 spiro atoms. The molecule has 0 amide bonds. The van der Waals surface area contributed by atoms with Crippen LogP contribution in [0.4, 0.5) is 4.39 Å². The van der Waals surface area contributed by atoms with E-state index in [0.29, 0.717) is 0 Å². The van der Waals surface area contributed by atoms with Gasteiger partial charge < -0.3 is 9.13 Å². The number of thiophene rings is 2. The highest BCUT2D eigenvalue weighted by Gasteiger charge is 2.22. The molecule has 7 aromatic carbocycles. The fourth-order valence-corrected chi connectivity index (χ4v) is 11.0. The second-order valence-electron chi connectivity index (χ2n) is 13.9. The summed E-state index contributed by atoms with van der Waals surface area (Å²) < 4.78 is 24.6. The van der Waals surface area contributed by atoms with E-state index in [0.717, 1.165) is 33.4 Å². The Morgan fingerprint density at radius 3 is 1.64 bits per heavy atom. The van der Waals surface area contributed by atoms with E-state index < -0.39 is 0 Å². The molecule has 53 heavy (non-hydrogen) atoms. The summed E-state index contributed by atoms with van der Waals surface area (Å²) in [6.07, 6.45) is 2.31. The molecule has 0 saturated carbocycles. The van der Waals surface area contributed by atoms with E-state index in [4.69, 9.17) is 0 Å². The van der Waals surface area contributed by atoms with Crippen LogP contribution in [0.25, 0.3) is 101 Å². The van der Waals surface area contributed by atoms with Gasteiger partial charge in [-0.2, -0.15) is 0 Å². The fraction of sp³-hybridized carbons (Fsp3) is 0.0417. The largest absolute Gasteiger partial charge is 0.315 e. The number of fused-ring (bicyclic) bond motifs is 14.